The number of halogens is 1. The van der Waals surface area contributed by atoms with Crippen LogP contribution in [0.4, 0.5) is 0 Å². The average molecular weight is 374 g/mol. The molecular weight excluding hydrogens is 358 g/mol. The standard InChI is InChI=1S/C18H16ClN3O4/c1-10-18(17(26-22-10)9-25-11(2)23)14-8-20-21-15(14)7-16(24)12-3-5-13(19)6-4-12/h3-6,8H,7,9H2,1-2H3,(H,20,21). The van der Waals surface area contributed by atoms with Gasteiger partial charge in [-0.15, -0.1) is 0 Å². The monoisotopic (exact) mass is 373 g/mol. The van der Waals surface area contributed by atoms with Crippen molar-refractivity contribution in [3.05, 3.63) is 58.2 Å². The van der Waals surface area contributed by atoms with Gasteiger partial charge < -0.3 is 9.26 Å². The van der Waals surface area contributed by atoms with E-state index in [0.717, 1.165) is 0 Å². The van der Waals surface area contributed by atoms with Gasteiger partial charge in [0.15, 0.2) is 18.2 Å². The van der Waals surface area contributed by atoms with E-state index in [1.165, 1.54) is 6.92 Å². The second-order valence-corrected chi connectivity index (χ2v) is 6.15. The van der Waals surface area contributed by atoms with Crippen LogP contribution in [0, 0.1) is 6.92 Å². The lowest BCUT2D eigenvalue weighted by Crippen LogP contribution is -2.05. The Kier molecular flexibility index (Phi) is 5.18. The fourth-order valence-electron chi connectivity index (χ4n) is 2.59. The van der Waals surface area contributed by atoms with Gasteiger partial charge in [-0.25, -0.2) is 0 Å². The van der Waals surface area contributed by atoms with Crippen molar-refractivity contribution in [3.8, 4) is 11.1 Å². The Hall–Kier alpha value is -2.93. The van der Waals surface area contributed by atoms with Gasteiger partial charge in [-0.05, 0) is 31.2 Å². The first-order chi connectivity index (χ1) is 12.5. The number of aromatic nitrogens is 3. The Morgan fingerprint density at radius 2 is 2.00 bits per heavy atom. The van der Waals surface area contributed by atoms with Crippen molar-refractivity contribution in [3.63, 3.8) is 0 Å². The van der Waals surface area contributed by atoms with E-state index in [4.69, 9.17) is 20.9 Å². The van der Waals surface area contributed by atoms with Gasteiger partial charge in [-0.1, -0.05) is 16.8 Å². The number of nitrogens with one attached hydrogen (secondary N) is 1. The molecule has 2 aromatic heterocycles. The number of hydrogen-bond donors (Lipinski definition) is 1. The topological polar surface area (TPSA) is 98.1 Å². The number of esters is 1. The minimum atomic E-state index is -0.421. The summed E-state index contributed by atoms with van der Waals surface area (Å²) < 4.78 is 10.3. The van der Waals surface area contributed by atoms with Crippen LogP contribution in [0.15, 0.2) is 35.0 Å². The molecule has 0 fully saturated rings. The summed E-state index contributed by atoms with van der Waals surface area (Å²) in [4.78, 5) is 23.6. The highest BCUT2D eigenvalue weighted by atomic mass is 35.5. The van der Waals surface area contributed by atoms with E-state index < -0.39 is 5.97 Å². The van der Waals surface area contributed by atoms with Gasteiger partial charge >= 0.3 is 5.97 Å². The first-order valence-corrected chi connectivity index (χ1v) is 8.23. The zero-order valence-corrected chi connectivity index (χ0v) is 15.0. The Balaban J connectivity index is 1.87. The molecule has 0 atom stereocenters. The maximum absolute atomic E-state index is 12.5. The second-order valence-electron chi connectivity index (χ2n) is 5.72. The van der Waals surface area contributed by atoms with Crippen LogP contribution in [0.25, 0.3) is 11.1 Å². The molecule has 0 bridgehead atoms. The number of benzene rings is 1. The van der Waals surface area contributed by atoms with E-state index in [1.807, 2.05) is 0 Å². The molecule has 0 spiro atoms. The normalized spacial score (nSPS) is 10.7. The third-order valence-electron chi connectivity index (χ3n) is 3.83. The molecule has 0 aliphatic rings. The summed E-state index contributed by atoms with van der Waals surface area (Å²) >= 11 is 5.86. The Labute approximate surface area is 154 Å². The number of H-pyrrole nitrogens is 1. The van der Waals surface area contributed by atoms with Crippen LogP contribution < -0.4 is 0 Å². The van der Waals surface area contributed by atoms with Crippen LogP contribution >= 0.6 is 11.6 Å². The van der Waals surface area contributed by atoms with E-state index in [-0.39, 0.29) is 18.8 Å². The number of nitrogens with zero attached hydrogens (tertiary/aromatic N) is 2. The van der Waals surface area contributed by atoms with Crippen molar-refractivity contribution in [1.29, 1.82) is 0 Å². The van der Waals surface area contributed by atoms with Crippen molar-refractivity contribution in [1.82, 2.24) is 15.4 Å². The summed E-state index contributed by atoms with van der Waals surface area (Å²) in [5.41, 5.74) is 3.15. The van der Waals surface area contributed by atoms with Crippen molar-refractivity contribution >= 4 is 23.4 Å². The smallest absolute Gasteiger partial charge is 0.303 e. The highest BCUT2D eigenvalue weighted by Crippen LogP contribution is 2.30. The number of aryl methyl sites for hydroxylation is 1. The van der Waals surface area contributed by atoms with Gasteiger partial charge in [-0.3, -0.25) is 14.7 Å². The molecule has 0 aliphatic carbocycles. The number of rotatable bonds is 6. The molecule has 0 aliphatic heterocycles. The number of ketones is 1. The van der Waals surface area contributed by atoms with E-state index in [9.17, 15) is 9.59 Å². The quantitative estimate of drug-likeness (QED) is 0.524. The number of ether oxygens (including phenoxy) is 1. The highest BCUT2D eigenvalue weighted by molar-refractivity contribution is 6.30. The van der Waals surface area contributed by atoms with Crippen molar-refractivity contribution < 1.29 is 18.8 Å². The van der Waals surface area contributed by atoms with E-state index in [1.54, 1.807) is 37.4 Å². The maximum Gasteiger partial charge on any atom is 0.303 e. The van der Waals surface area contributed by atoms with Gasteiger partial charge in [-0.2, -0.15) is 5.10 Å². The lowest BCUT2D eigenvalue weighted by Gasteiger charge is -2.05. The largest absolute Gasteiger partial charge is 0.458 e. The van der Waals surface area contributed by atoms with Crippen LogP contribution in [-0.4, -0.2) is 27.1 Å². The number of aromatic amines is 1. The first-order valence-electron chi connectivity index (χ1n) is 7.85. The number of hydrogen-bond acceptors (Lipinski definition) is 6. The maximum atomic E-state index is 12.5. The molecule has 3 aromatic rings. The average Bonchev–Trinajstić information content (AvgIpc) is 3.19. The number of carbonyl (C=O) groups is 2. The number of Topliss-reactive ketones (excluding diaryl/α,β-unsaturated/α-hetero) is 1. The molecule has 0 unspecified atom stereocenters. The first kappa shape index (κ1) is 17.9. The molecule has 0 radical (unpaired) electrons. The van der Waals surface area contributed by atoms with Crippen molar-refractivity contribution in [2.75, 3.05) is 0 Å². The van der Waals surface area contributed by atoms with E-state index in [2.05, 4.69) is 15.4 Å². The summed E-state index contributed by atoms with van der Waals surface area (Å²) in [5, 5.41) is 11.4. The molecule has 26 heavy (non-hydrogen) atoms. The van der Waals surface area contributed by atoms with Gasteiger partial charge in [0.2, 0.25) is 0 Å². The van der Waals surface area contributed by atoms with Crippen molar-refractivity contribution in [2.24, 2.45) is 0 Å². The SMILES string of the molecule is CC(=O)OCc1onc(C)c1-c1cn[nH]c1CC(=O)c1ccc(Cl)cc1. The van der Waals surface area contributed by atoms with E-state index >= 15 is 0 Å². The summed E-state index contributed by atoms with van der Waals surface area (Å²) in [6.07, 6.45) is 1.72. The molecule has 8 heteroatoms. The van der Waals surface area contributed by atoms with Crippen LogP contribution in [-0.2, 0) is 22.6 Å². The van der Waals surface area contributed by atoms with E-state index in [0.29, 0.717) is 38.9 Å². The summed E-state index contributed by atoms with van der Waals surface area (Å²) in [5.74, 6) is -0.0996. The predicted molar refractivity (Wildman–Crippen MR) is 93.8 cm³/mol. The van der Waals surface area contributed by atoms with Crippen LogP contribution in [0.3, 0.4) is 0 Å². The zero-order chi connectivity index (χ0) is 18.7. The van der Waals surface area contributed by atoms with Gasteiger partial charge in [0.05, 0.1) is 29.6 Å². The molecule has 2 heterocycles. The molecule has 1 N–H and O–H groups in total. The molecule has 1 aromatic carbocycles. The van der Waals surface area contributed by atoms with Gasteiger partial charge in [0.25, 0.3) is 0 Å². The minimum absolute atomic E-state index is 0.0404. The van der Waals surface area contributed by atoms with Crippen LogP contribution in [0.5, 0.6) is 0 Å². The number of carbonyl (C=O) groups excluding carboxylic acids is 2. The van der Waals surface area contributed by atoms with Crippen molar-refractivity contribution in [2.45, 2.75) is 26.9 Å². The molecular formula is C18H16ClN3O4. The molecule has 0 saturated heterocycles. The molecule has 134 valence electrons. The zero-order valence-electron chi connectivity index (χ0n) is 14.2. The lowest BCUT2D eigenvalue weighted by atomic mass is 9.99. The highest BCUT2D eigenvalue weighted by Gasteiger charge is 2.21. The Bertz CT molecular complexity index is 944. The third-order valence-corrected chi connectivity index (χ3v) is 4.08. The second kappa shape index (κ2) is 7.53. The van der Waals surface area contributed by atoms with Crippen LogP contribution in [0.1, 0.15) is 34.4 Å². The van der Waals surface area contributed by atoms with Crippen LogP contribution in [0.2, 0.25) is 5.02 Å². The summed E-state index contributed by atoms with van der Waals surface area (Å²) in [6.45, 7) is 3.05. The lowest BCUT2D eigenvalue weighted by molar-refractivity contribution is -0.142. The fraction of sp³-hybridized carbons (Fsp3) is 0.222. The molecule has 7 nitrogen and oxygen atoms in total. The Morgan fingerprint density at radius 1 is 1.27 bits per heavy atom. The minimum Gasteiger partial charge on any atom is -0.458 e. The predicted octanol–water partition coefficient (Wildman–Crippen LogP) is 3.52. The summed E-state index contributed by atoms with van der Waals surface area (Å²) in [7, 11) is 0. The molecule has 3 rings (SSSR count). The Morgan fingerprint density at radius 3 is 2.69 bits per heavy atom. The molecule has 0 saturated carbocycles. The summed E-state index contributed by atoms with van der Waals surface area (Å²) in [6, 6.07) is 6.70. The molecule has 0 amide bonds. The fourth-order valence-corrected chi connectivity index (χ4v) is 2.71. The third kappa shape index (κ3) is 3.83. The van der Waals surface area contributed by atoms with Gasteiger partial charge in [0, 0.05) is 23.1 Å². The van der Waals surface area contributed by atoms with Gasteiger partial charge in [0.1, 0.15) is 0 Å².